The maximum Gasteiger partial charge on any atom is 0.0798 e. The minimum atomic E-state index is 0.969. The van der Waals surface area contributed by atoms with Gasteiger partial charge in [-0.15, -0.1) is 0 Å². The van der Waals surface area contributed by atoms with Crippen molar-refractivity contribution in [3.05, 3.63) is 60.4 Å². The molecular formula is C15H12N2. The predicted octanol–water partition coefficient (Wildman–Crippen LogP) is 3.61. The summed E-state index contributed by atoms with van der Waals surface area (Å²) in [5, 5.41) is 1.19. The van der Waals surface area contributed by atoms with Crippen molar-refractivity contribution in [1.29, 1.82) is 0 Å². The van der Waals surface area contributed by atoms with Gasteiger partial charge in [0.25, 0.3) is 0 Å². The number of hydrogen-bond acceptors (Lipinski definition) is 2. The largest absolute Gasteiger partial charge is 0.256 e. The van der Waals surface area contributed by atoms with Crippen LogP contribution in [0, 0.1) is 6.92 Å². The van der Waals surface area contributed by atoms with Crippen LogP contribution in [-0.4, -0.2) is 9.97 Å². The first-order valence-corrected chi connectivity index (χ1v) is 5.62. The Balaban J connectivity index is 2.35. The van der Waals surface area contributed by atoms with E-state index in [0.717, 1.165) is 16.8 Å². The van der Waals surface area contributed by atoms with Crippen LogP contribution in [0.1, 0.15) is 5.56 Å². The van der Waals surface area contributed by atoms with Crippen LogP contribution < -0.4 is 0 Å². The van der Waals surface area contributed by atoms with Gasteiger partial charge < -0.3 is 0 Å². The molecule has 3 aromatic rings. The molecule has 0 saturated heterocycles. The second-order valence-electron chi connectivity index (χ2n) is 4.04. The number of hydrogen-bond donors (Lipinski definition) is 0. The monoisotopic (exact) mass is 220 g/mol. The molecule has 0 bridgehead atoms. The molecular weight excluding hydrogens is 208 g/mol. The van der Waals surface area contributed by atoms with Gasteiger partial charge in [0.15, 0.2) is 0 Å². The number of aromatic nitrogens is 2. The lowest BCUT2D eigenvalue weighted by atomic mass is 10.0. The lowest BCUT2D eigenvalue weighted by molar-refractivity contribution is 1.31. The molecule has 0 unspecified atom stereocenters. The maximum atomic E-state index is 4.48. The van der Waals surface area contributed by atoms with Gasteiger partial charge in [-0.05, 0) is 30.7 Å². The number of rotatable bonds is 1. The Bertz CT molecular complexity index is 660. The van der Waals surface area contributed by atoms with Gasteiger partial charge in [0.05, 0.1) is 11.2 Å². The van der Waals surface area contributed by atoms with E-state index in [1.807, 2.05) is 36.7 Å². The van der Waals surface area contributed by atoms with Crippen LogP contribution in [0.5, 0.6) is 0 Å². The fraction of sp³-hybridized carbons (Fsp3) is 0.0667. The molecule has 3 rings (SSSR count). The van der Waals surface area contributed by atoms with Crippen molar-refractivity contribution in [1.82, 2.24) is 9.97 Å². The number of benzene rings is 1. The lowest BCUT2D eigenvalue weighted by Crippen LogP contribution is -1.88. The van der Waals surface area contributed by atoms with E-state index < -0.39 is 0 Å². The van der Waals surface area contributed by atoms with Gasteiger partial charge in [-0.1, -0.05) is 24.3 Å². The van der Waals surface area contributed by atoms with Crippen molar-refractivity contribution in [3.63, 3.8) is 0 Å². The zero-order valence-corrected chi connectivity index (χ0v) is 9.59. The molecule has 0 atom stereocenters. The van der Waals surface area contributed by atoms with E-state index in [-0.39, 0.29) is 0 Å². The molecule has 2 nitrogen and oxygen atoms in total. The highest BCUT2D eigenvalue weighted by Crippen LogP contribution is 2.26. The van der Waals surface area contributed by atoms with Crippen LogP contribution in [0.2, 0.25) is 0 Å². The first kappa shape index (κ1) is 9.97. The fourth-order valence-corrected chi connectivity index (χ4v) is 2.04. The molecule has 2 heteroatoms. The SMILES string of the molecule is Cc1ccnc2c(-c3ccccn3)cccc12. The van der Waals surface area contributed by atoms with Gasteiger partial charge >= 0.3 is 0 Å². The first-order chi connectivity index (χ1) is 8.36. The van der Waals surface area contributed by atoms with E-state index in [1.165, 1.54) is 10.9 Å². The average molecular weight is 220 g/mol. The molecule has 0 aliphatic carbocycles. The third-order valence-electron chi connectivity index (χ3n) is 2.93. The van der Waals surface area contributed by atoms with Gasteiger partial charge in [-0.25, -0.2) is 0 Å². The molecule has 0 fully saturated rings. The van der Waals surface area contributed by atoms with Crippen molar-refractivity contribution in [3.8, 4) is 11.3 Å². The number of para-hydroxylation sites is 1. The van der Waals surface area contributed by atoms with E-state index in [9.17, 15) is 0 Å². The first-order valence-electron chi connectivity index (χ1n) is 5.62. The highest BCUT2D eigenvalue weighted by atomic mass is 14.7. The summed E-state index contributed by atoms with van der Waals surface area (Å²) in [4.78, 5) is 8.87. The zero-order valence-electron chi connectivity index (χ0n) is 9.59. The van der Waals surface area contributed by atoms with Crippen molar-refractivity contribution in [2.45, 2.75) is 6.92 Å². The summed E-state index contributed by atoms with van der Waals surface area (Å²) in [7, 11) is 0. The predicted molar refractivity (Wildman–Crippen MR) is 69.7 cm³/mol. The minimum absolute atomic E-state index is 0.969. The maximum absolute atomic E-state index is 4.48. The quantitative estimate of drug-likeness (QED) is 0.626. The lowest BCUT2D eigenvalue weighted by Gasteiger charge is -2.06. The summed E-state index contributed by atoms with van der Waals surface area (Å²) in [6.07, 6.45) is 3.66. The van der Waals surface area contributed by atoms with E-state index in [0.29, 0.717) is 0 Å². The molecule has 82 valence electrons. The van der Waals surface area contributed by atoms with Crippen molar-refractivity contribution < 1.29 is 0 Å². The highest BCUT2D eigenvalue weighted by Gasteiger charge is 2.06. The van der Waals surface area contributed by atoms with Crippen molar-refractivity contribution in [2.75, 3.05) is 0 Å². The Morgan fingerprint density at radius 2 is 1.76 bits per heavy atom. The normalized spacial score (nSPS) is 10.6. The highest BCUT2D eigenvalue weighted by molar-refractivity contribution is 5.94. The molecule has 0 aliphatic rings. The van der Waals surface area contributed by atoms with Crippen molar-refractivity contribution in [2.24, 2.45) is 0 Å². The zero-order chi connectivity index (χ0) is 11.7. The van der Waals surface area contributed by atoms with E-state index in [1.54, 1.807) is 0 Å². The van der Waals surface area contributed by atoms with Gasteiger partial charge in [-0.3, -0.25) is 9.97 Å². The van der Waals surface area contributed by atoms with Crippen LogP contribution in [0.15, 0.2) is 54.9 Å². The van der Waals surface area contributed by atoms with Gasteiger partial charge in [-0.2, -0.15) is 0 Å². The van der Waals surface area contributed by atoms with Crippen LogP contribution in [-0.2, 0) is 0 Å². The van der Waals surface area contributed by atoms with Crippen LogP contribution >= 0.6 is 0 Å². The molecule has 0 amide bonds. The molecule has 2 aromatic heterocycles. The Morgan fingerprint density at radius 3 is 2.59 bits per heavy atom. The summed E-state index contributed by atoms with van der Waals surface area (Å²) in [6, 6.07) is 14.2. The second kappa shape index (κ2) is 3.98. The number of pyridine rings is 2. The van der Waals surface area contributed by atoms with Crippen LogP contribution in [0.4, 0.5) is 0 Å². The summed E-state index contributed by atoms with van der Waals surface area (Å²) < 4.78 is 0. The van der Waals surface area contributed by atoms with Crippen LogP contribution in [0.3, 0.4) is 0 Å². The average Bonchev–Trinajstić information content (AvgIpc) is 2.40. The molecule has 0 saturated carbocycles. The summed E-state index contributed by atoms with van der Waals surface area (Å²) in [6.45, 7) is 2.10. The molecule has 0 radical (unpaired) electrons. The van der Waals surface area contributed by atoms with Gasteiger partial charge in [0, 0.05) is 23.3 Å². The number of nitrogens with zero attached hydrogens (tertiary/aromatic N) is 2. The molecule has 17 heavy (non-hydrogen) atoms. The minimum Gasteiger partial charge on any atom is -0.256 e. The fourth-order valence-electron chi connectivity index (χ4n) is 2.04. The van der Waals surface area contributed by atoms with Crippen molar-refractivity contribution >= 4 is 10.9 Å². The van der Waals surface area contributed by atoms with Gasteiger partial charge in [0.1, 0.15) is 0 Å². The Hall–Kier alpha value is -2.22. The molecule has 0 spiro atoms. The van der Waals surface area contributed by atoms with E-state index >= 15 is 0 Å². The third-order valence-corrected chi connectivity index (χ3v) is 2.93. The van der Waals surface area contributed by atoms with E-state index in [4.69, 9.17) is 0 Å². The summed E-state index contributed by atoms with van der Waals surface area (Å²) in [5.74, 6) is 0. The van der Waals surface area contributed by atoms with Crippen LogP contribution in [0.25, 0.3) is 22.2 Å². The smallest absolute Gasteiger partial charge is 0.0798 e. The Morgan fingerprint density at radius 1 is 0.824 bits per heavy atom. The Labute approximate surface area is 100.0 Å². The molecule has 1 aromatic carbocycles. The molecule has 0 N–H and O–H groups in total. The van der Waals surface area contributed by atoms with Gasteiger partial charge in [0.2, 0.25) is 0 Å². The molecule has 2 heterocycles. The second-order valence-corrected chi connectivity index (χ2v) is 4.04. The third kappa shape index (κ3) is 1.68. The Kier molecular flexibility index (Phi) is 2.33. The summed E-state index contributed by atoms with van der Waals surface area (Å²) >= 11 is 0. The molecule has 0 aliphatic heterocycles. The van der Waals surface area contributed by atoms with E-state index in [2.05, 4.69) is 35.1 Å². The topological polar surface area (TPSA) is 25.8 Å². The standard InChI is InChI=1S/C15H12N2/c1-11-8-10-17-15-12(11)5-4-6-13(15)14-7-2-3-9-16-14/h2-10H,1H3. The number of fused-ring (bicyclic) bond motifs is 1. The number of aryl methyl sites for hydroxylation is 1. The summed E-state index contributed by atoms with van der Waals surface area (Å²) in [5.41, 5.74) is 4.32.